The van der Waals surface area contributed by atoms with E-state index in [-0.39, 0.29) is 11.5 Å². The topological polar surface area (TPSA) is 72.2 Å². The highest BCUT2D eigenvalue weighted by molar-refractivity contribution is 6.02. The Kier molecular flexibility index (Phi) is 3.02. The number of hydrogen-bond donors (Lipinski definition) is 1. The zero-order valence-electron chi connectivity index (χ0n) is 11.3. The molecule has 0 aliphatic carbocycles. The summed E-state index contributed by atoms with van der Waals surface area (Å²) in [5, 5.41) is 8.88. The Morgan fingerprint density at radius 1 is 1.00 bits per heavy atom. The Morgan fingerprint density at radius 3 is 2.29 bits per heavy atom. The SMILES string of the molecule is Cc1nc2ccccc2n1C(=O)c1ccc(C(=O)O)cc1. The molecule has 0 aliphatic rings. The van der Waals surface area contributed by atoms with Gasteiger partial charge in [-0.15, -0.1) is 0 Å². The lowest BCUT2D eigenvalue weighted by Crippen LogP contribution is -2.13. The van der Waals surface area contributed by atoms with Gasteiger partial charge in [0.2, 0.25) is 0 Å². The first-order valence-electron chi connectivity index (χ1n) is 6.40. The molecule has 104 valence electrons. The number of fused-ring (bicyclic) bond motifs is 1. The Balaban J connectivity index is 2.08. The fourth-order valence-corrected chi connectivity index (χ4v) is 2.29. The Labute approximate surface area is 120 Å². The summed E-state index contributed by atoms with van der Waals surface area (Å²) in [6, 6.07) is 13.3. The predicted molar refractivity (Wildman–Crippen MR) is 77.6 cm³/mol. The molecule has 2 aromatic carbocycles. The fraction of sp³-hybridized carbons (Fsp3) is 0.0625. The van der Waals surface area contributed by atoms with E-state index in [1.807, 2.05) is 24.3 Å². The van der Waals surface area contributed by atoms with Crippen LogP contribution in [0, 0.1) is 6.92 Å². The molecule has 0 unspecified atom stereocenters. The van der Waals surface area contributed by atoms with Crippen LogP contribution < -0.4 is 0 Å². The van der Waals surface area contributed by atoms with Gasteiger partial charge in [0, 0.05) is 5.56 Å². The van der Waals surface area contributed by atoms with Crippen molar-refractivity contribution in [1.82, 2.24) is 9.55 Å². The van der Waals surface area contributed by atoms with Gasteiger partial charge < -0.3 is 5.11 Å². The zero-order valence-corrected chi connectivity index (χ0v) is 11.3. The van der Waals surface area contributed by atoms with Crippen molar-refractivity contribution in [1.29, 1.82) is 0 Å². The van der Waals surface area contributed by atoms with Crippen molar-refractivity contribution in [3.8, 4) is 0 Å². The minimum absolute atomic E-state index is 0.152. The van der Waals surface area contributed by atoms with Crippen molar-refractivity contribution in [2.45, 2.75) is 6.92 Å². The van der Waals surface area contributed by atoms with Crippen molar-refractivity contribution >= 4 is 22.9 Å². The monoisotopic (exact) mass is 280 g/mol. The third-order valence-electron chi connectivity index (χ3n) is 3.31. The number of para-hydroxylation sites is 2. The van der Waals surface area contributed by atoms with Gasteiger partial charge in [0.1, 0.15) is 5.82 Å². The highest BCUT2D eigenvalue weighted by Gasteiger charge is 2.16. The number of aryl methyl sites for hydroxylation is 1. The van der Waals surface area contributed by atoms with Crippen LogP contribution in [0.15, 0.2) is 48.5 Å². The Bertz CT molecular complexity index is 848. The van der Waals surface area contributed by atoms with Crippen LogP contribution in [0.1, 0.15) is 26.5 Å². The number of nitrogens with zero attached hydrogens (tertiary/aromatic N) is 2. The van der Waals surface area contributed by atoms with Crippen LogP contribution in [0.2, 0.25) is 0 Å². The van der Waals surface area contributed by atoms with E-state index < -0.39 is 5.97 Å². The Morgan fingerprint density at radius 2 is 1.62 bits per heavy atom. The summed E-state index contributed by atoms with van der Waals surface area (Å²) in [7, 11) is 0. The summed E-state index contributed by atoms with van der Waals surface area (Å²) in [4.78, 5) is 27.8. The van der Waals surface area contributed by atoms with E-state index in [9.17, 15) is 9.59 Å². The maximum atomic E-state index is 12.6. The standard InChI is InChI=1S/C16H12N2O3/c1-10-17-13-4-2-3-5-14(13)18(10)15(19)11-6-8-12(9-7-11)16(20)21/h2-9H,1H3,(H,20,21). The lowest BCUT2D eigenvalue weighted by atomic mass is 10.1. The molecule has 1 aromatic heterocycles. The molecule has 0 fully saturated rings. The molecule has 0 spiro atoms. The van der Waals surface area contributed by atoms with Crippen LogP contribution in [-0.4, -0.2) is 26.5 Å². The first kappa shape index (κ1) is 13.1. The third-order valence-corrected chi connectivity index (χ3v) is 3.31. The molecule has 0 amide bonds. The molecule has 0 bridgehead atoms. The largest absolute Gasteiger partial charge is 0.478 e. The van der Waals surface area contributed by atoms with E-state index in [0.29, 0.717) is 11.4 Å². The average molecular weight is 280 g/mol. The number of benzene rings is 2. The number of carboxylic acid groups (broad SMARTS) is 1. The number of carbonyl (C=O) groups is 2. The van der Waals surface area contributed by atoms with Crippen LogP contribution in [-0.2, 0) is 0 Å². The molecule has 5 nitrogen and oxygen atoms in total. The first-order chi connectivity index (χ1) is 10.1. The number of rotatable bonds is 2. The van der Waals surface area contributed by atoms with Gasteiger partial charge in [-0.2, -0.15) is 0 Å². The van der Waals surface area contributed by atoms with E-state index in [0.717, 1.165) is 11.0 Å². The van der Waals surface area contributed by atoms with E-state index in [1.165, 1.54) is 28.8 Å². The summed E-state index contributed by atoms with van der Waals surface area (Å²) in [6.07, 6.45) is 0. The second-order valence-electron chi connectivity index (χ2n) is 4.67. The van der Waals surface area contributed by atoms with Crippen LogP contribution in [0.25, 0.3) is 11.0 Å². The number of hydrogen-bond acceptors (Lipinski definition) is 3. The highest BCUT2D eigenvalue weighted by atomic mass is 16.4. The van der Waals surface area contributed by atoms with Crippen molar-refractivity contribution in [3.05, 3.63) is 65.5 Å². The van der Waals surface area contributed by atoms with Gasteiger partial charge in [0.25, 0.3) is 5.91 Å². The molecule has 0 aliphatic heterocycles. The number of aromatic carboxylic acids is 1. The van der Waals surface area contributed by atoms with Crippen LogP contribution >= 0.6 is 0 Å². The van der Waals surface area contributed by atoms with Gasteiger partial charge in [-0.1, -0.05) is 12.1 Å². The summed E-state index contributed by atoms with van der Waals surface area (Å²) in [6.45, 7) is 1.77. The summed E-state index contributed by atoms with van der Waals surface area (Å²) < 4.78 is 1.53. The number of carboxylic acids is 1. The van der Waals surface area contributed by atoms with Gasteiger partial charge >= 0.3 is 5.97 Å². The van der Waals surface area contributed by atoms with Gasteiger partial charge in [0.05, 0.1) is 16.6 Å². The van der Waals surface area contributed by atoms with Crippen molar-refractivity contribution in [2.75, 3.05) is 0 Å². The van der Waals surface area contributed by atoms with Crippen LogP contribution in [0.5, 0.6) is 0 Å². The lowest BCUT2D eigenvalue weighted by Gasteiger charge is -2.06. The minimum atomic E-state index is -1.02. The second kappa shape index (κ2) is 4.86. The zero-order chi connectivity index (χ0) is 15.0. The third kappa shape index (κ3) is 2.18. The maximum absolute atomic E-state index is 12.6. The van der Waals surface area contributed by atoms with E-state index in [4.69, 9.17) is 5.11 Å². The van der Waals surface area contributed by atoms with Gasteiger partial charge in [-0.25, -0.2) is 9.78 Å². The number of carbonyl (C=O) groups excluding carboxylic acids is 1. The molecule has 1 heterocycles. The molecule has 0 atom stereocenters. The lowest BCUT2D eigenvalue weighted by molar-refractivity contribution is 0.0696. The highest BCUT2D eigenvalue weighted by Crippen LogP contribution is 2.17. The van der Waals surface area contributed by atoms with Gasteiger partial charge in [0.15, 0.2) is 0 Å². The van der Waals surface area contributed by atoms with E-state index in [1.54, 1.807) is 6.92 Å². The Hall–Kier alpha value is -2.95. The normalized spacial score (nSPS) is 10.7. The molecule has 1 N–H and O–H groups in total. The summed E-state index contributed by atoms with van der Waals surface area (Å²) >= 11 is 0. The summed E-state index contributed by atoms with van der Waals surface area (Å²) in [5.41, 5.74) is 2.07. The number of aromatic nitrogens is 2. The average Bonchev–Trinajstić information content (AvgIpc) is 2.82. The number of imidazole rings is 1. The molecule has 3 rings (SSSR count). The van der Waals surface area contributed by atoms with E-state index >= 15 is 0 Å². The predicted octanol–water partition coefficient (Wildman–Crippen LogP) is 2.73. The van der Waals surface area contributed by atoms with Gasteiger partial charge in [-0.05, 0) is 43.3 Å². The fourth-order valence-electron chi connectivity index (χ4n) is 2.29. The quantitative estimate of drug-likeness (QED) is 0.783. The smallest absolute Gasteiger partial charge is 0.335 e. The molecule has 0 saturated heterocycles. The van der Waals surface area contributed by atoms with Crippen LogP contribution in [0.3, 0.4) is 0 Å². The molecule has 5 heteroatoms. The molecular weight excluding hydrogens is 268 g/mol. The second-order valence-corrected chi connectivity index (χ2v) is 4.67. The van der Waals surface area contributed by atoms with E-state index in [2.05, 4.69) is 4.98 Å². The summed E-state index contributed by atoms with van der Waals surface area (Å²) in [5.74, 6) is -0.639. The first-order valence-corrected chi connectivity index (χ1v) is 6.40. The minimum Gasteiger partial charge on any atom is -0.478 e. The molecule has 0 saturated carbocycles. The van der Waals surface area contributed by atoms with Crippen LogP contribution in [0.4, 0.5) is 0 Å². The molecule has 21 heavy (non-hydrogen) atoms. The maximum Gasteiger partial charge on any atom is 0.335 e. The molecular formula is C16H12N2O3. The molecule has 3 aromatic rings. The van der Waals surface area contributed by atoms with Gasteiger partial charge in [-0.3, -0.25) is 9.36 Å². The van der Waals surface area contributed by atoms with Crippen molar-refractivity contribution in [3.63, 3.8) is 0 Å². The van der Waals surface area contributed by atoms with Crippen molar-refractivity contribution in [2.24, 2.45) is 0 Å². The molecule has 0 radical (unpaired) electrons. The van der Waals surface area contributed by atoms with Crippen molar-refractivity contribution < 1.29 is 14.7 Å².